The van der Waals surface area contributed by atoms with Crippen LogP contribution in [0, 0.1) is 0 Å². The maximum absolute atomic E-state index is 6.95. The fourth-order valence-corrected chi connectivity index (χ4v) is 9.45. The first-order valence-corrected chi connectivity index (χ1v) is 20.9. The van der Waals surface area contributed by atoms with Gasteiger partial charge in [0, 0.05) is 38.4 Å². The summed E-state index contributed by atoms with van der Waals surface area (Å²) in [6.45, 7) is 0. The maximum atomic E-state index is 6.95. The van der Waals surface area contributed by atoms with E-state index in [1.54, 1.807) is 0 Å². The van der Waals surface area contributed by atoms with Crippen molar-refractivity contribution >= 4 is 76.1 Å². The molecule has 0 bridgehead atoms. The first-order valence-electron chi connectivity index (χ1n) is 20.9. The maximum Gasteiger partial charge on any atom is 0.167 e. The highest BCUT2D eigenvalue weighted by Crippen LogP contribution is 2.44. The van der Waals surface area contributed by atoms with Crippen LogP contribution in [0.25, 0.3) is 127 Å². The Kier molecular flexibility index (Phi) is 7.54. The Hall–Kier alpha value is -8.41. The number of nitrogens with zero attached hydrogens (tertiary/aromatic N) is 4. The zero-order valence-corrected chi connectivity index (χ0v) is 33.3. The topological polar surface area (TPSA) is 56.7 Å². The van der Waals surface area contributed by atoms with Gasteiger partial charge in [0.1, 0.15) is 11.2 Å². The lowest BCUT2D eigenvalue weighted by Crippen LogP contribution is -2.01. The number of aromatic nitrogens is 4. The molecule has 13 rings (SSSR count). The number of fused-ring (bicyclic) bond motifs is 11. The standard InChI is InChI=1S/C57H34N4O/c1-3-13-35(14-4-1)36-23-25-40(26-24-36)56-58-55(39-17-5-2-6-18-39)59-57(60-56)48-34-43(33-47-46-31-41-19-7-8-20-42(41)32-51(46)62-54(47)48)61-49-29-27-37-15-9-11-21-44(37)52(49)53-45-22-12-10-16-38(45)28-30-50(53)61/h1-34H. The molecule has 62 heavy (non-hydrogen) atoms. The molecule has 0 radical (unpaired) electrons. The van der Waals surface area contributed by atoms with E-state index in [9.17, 15) is 0 Å². The summed E-state index contributed by atoms with van der Waals surface area (Å²) in [5.41, 5.74) is 9.65. The molecule has 0 saturated heterocycles. The third-order valence-corrected chi connectivity index (χ3v) is 12.4. The molecule has 0 spiro atoms. The molecule has 10 aromatic carbocycles. The SMILES string of the molecule is c1ccc(-c2ccc(-c3nc(-c4ccccc4)nc(-c4cc(-n5c6ccc7ccccc7c6c6c7ccccc7ccc65)cc5c4oc4cc6ccccc6cc45)n3)cc2)cc1. The second kappa shape index (κ2) is 13.6. The Morgan fingerprint density at radius 3 is 1.45 bits per heavy atom. The Labute approximate surface area is 355 Å². The molecule has 3 heterocycles. The third kappa shape index (κ3) is 5.38. The van der Waals surface area contributed by atoms with Gasteiger partial charge in [-0.25, -0.2) is 15.0 Å². The highest BCUT2D eigenvalue weighted by Gasteiger charge is 2.23. The van der Waals surface area contributed by atoms with Gasteiger partial charge >= 0.3 is 0 Å². The van der Waals surface area contributed by atoms with Gasteiger partial charge in [0.05, 0.1) is 16.6 Å². The second-order valence-electron chi connectivity index (χ2n) is 16.0. The number of rotatable bonds is 5. The van der Waals surface area contributed by atoms with Gasteiger partial charge in [-0.15, -0.1) is 0 Å². The lowest BCUT2D eigenvalue weighted by atomic mass is 10.00. The molecule has 5 heteroatoms. The predicted octanol–water partition coefficient (Wildman–Crippen LogP) is 15.0. The van der Waals surface area contributed by atoms with Gasteiger partial charge < -0.3 is 8.98 Å². The summed E-state index contributed by atoms with van der Waals surface area (Å²) in [7, 11) is 0. The molecule has 0 unspecified atom stereocenters. The molecule has 288 valence electrons. The smallest absolute Gasteiger partial charge is 0.167 e. The molecule has 0 aliphatic heterocycles. The molecule has 3 aromatic heterocycles. The molecule has 0 amide bonds. The van der Waals surface area contributed by atoms with Crippen molar-refractivity contribution in [2.75, 3.05) is 0 Å². The lowest BCUT2D eigenvalue weighted by Gasteiger charge is -2.13. The molecule has 0 N–H and O–H groups in total. The van der Waals surface area contributed by atoms with Crippen LogP contribution >= 0.6 is 0 Å². The molecule has 0 saturated carbocycles. The van der Waals surface area contributed by atoms with E-state index in [1.165, 1.54) is 32.3 Å². The van der Waals surface area contributed by atoms with Crippen LogP contribution in [0.1, 0.15) is 0 Å². The average Bonchev–Trinajstić information content (AvgIpc) is 3.89. The Morgan fingerprint density at radius 2 is 0.823 bits per heavy atom. The summed E-state index contributed by atoms with van der Waals surface area (Å²) in [6.07, 6.45) is 0. The van der Waals surface area contributed by atoms with Gasteiger partial charge in [0.2, 0.25) is 0 Å². The van der Waals surface area contributed by atoms with Crippen molar-refractivity contribution in [1.82, 2.24) is 19.5 Å². The van der Waals surface area contributed by atoms with Crippen LogP contribution in [0.5, 0.6) is 0 Å². The molecular formula is C57H34N4O. The Balaban J connectivity index is 1.13. The van der Waals surface area contributed by atoms with Crippen LogP contribution in [0.3, 0.4) is 0 Å². The Bertz CT molecular complexity index is 3810. The number of furan rings is 1. The average molecular weight is 791 g/mol. The van der Waals surface area contributed by atoms with Crippen molar-refractivity contribution in [3.63, 3.8) is 0 Å². The fraction of sp³-hybridized carbons (Fsp3) is 0. The monoisotopic (exact) mass is 790 g/mol. The van der Waals surface area contributed by atoms with E-state index >= 15 is 0 Å². The van der Waals surface area contributed by atoms with Crippen molar-refractivity contribution in [3.05, 3.63) is 206 Å². The van der Waals surface area contributed by atoms with Crippen molar-refractivity contribution in [2.45, 2.75) is 0 Å². The first kappa shape index (κ1) is 34.5. The van der Waals surface area contributed by atoms with Crippen molar-refractivity contribution in [1.29, 1.82) is 0 Å². The van der Waals surface area contributed by atoms with E-state index in [2.05, 4.69) is 174 Å². The number of hydrogen-bond acceptors (Lipinski definition) is 4. The summed E-state index contributed by atoms with van der Waals surface area (Å²) in [6, 6.07) is 72.8. The van der Waals surface area contributed by atoms with Gasteiger partial charge in [-0.1, -0.05) is 170 Å². The van der Waals surface area contributed by atoms with Crippen LogP contribution in [0.4, 0.5) is 0 Å². The highest BCUT2D eigenvalue weighted by atomic mass is 16.3. The van der Waals surface area contributed by atoms with Gasteiger partial charge in [-0.3, -0.25) is 0 Å². The van der Waals surface area contributed by atoms with E-state index in [-0.39, 0.29) is 0 Å². The predicted molar refractivity (Wildman–Crippen MR) is 256 cm³/mol. The van der Waals surface area contributed by atoms with Crippen LogP contribution < -0.4 is 0 Å². The summed E-state index contributed by atoms with van der Waals surface area (Å²) in [4.78, 5) is 15.7. The van der Waals surface area contributed by atoms with Gasteiger partial charge in [-0.05, 0) is 79.8 Å². The molecule has 0 atom stereocenters. The summed E-state index contributed by atoms with van der Waals surface area (Å²) in [5.74, 6) is 1.71. The van der Waals surface area contributed by atoms with E-state index in [4.69, 9.17) is 19.4 Å². The van der Waals surface area contributed by atoms with Crippen molar-refractivity contribution in [2.24, 2.45) is 0 Å². The zero-order chi connectivity index (χ0) is 40.7. The normalized spacial score (nSPS) is 11.9. The first-order chi connectivity index (χ1) is 30.7. The van der Waals surface area contributed by atoms with Crippen molar-refractivity contribution < 1.29 is 4.42 Å². The molecule has 0 fully saturated rings. The minimum Gasteiger partial charge on any atom is -0.455 e. The molecule has 5 nitrogen and oxygen atoms in total. The van der Waals surface area contributed by atoms with Gasteiger partial charge in [0.15, 0.2) is 17.5 Å². The molecule has 0 aliphatic rings. The molecular weight excluding hydrogens is 757 g/mol. The fourth-order valence-electron chi connectivity index (χ4n) is 9.45. The van der Waals surface area contributed by atoms with Gasteiger partial charge in [0.25, 0.3) is 0 Å². The molecule has 13 aromatic rings. The van der Waals surface area contributed by atoms with Crippen LogP contribution in [0.15, 0.2) is 211 Å². The lowest BCUT2D eigenvalue weighted by molar-refractivity contribution is 0.670. The largest absolute Gasteiger partial charge is 0.455 e. The van der Waals surface area contributed by atoms with Gasteiger partial charge in [-0.2, -0.15) is 0 Å². The summed E-state index contributed by atoms with van der Waals surface area (Å²) in [5, 5.41) is 11.6. The second-order valence-corrected chi connectivity index (χ2v) is 16.0. The molecule has 0 aliphatic carbocycles. The zero-order valence-electron chi connectivity index (χ0n) is 33.3. The minimum atomic E-state index is 0.535. The Morgan fingerprint density at radius 1 is 0.339 bits per heavy atom. The number of hydrogen-bond donors (Lipinski definition) is 0. The van der Waals surface area contributed by atoms with Crippen LogP contribution in [-0.2, 0) is 0 Å². The van der Waals surface area contributed by atoms with Crippen molar-refractivity contribution in [3.8, 4) is 51.0 Å². The van der Waals surface area contributed by atoms with E-state index in [1.807, 2.05) is 36.4 Å². The number of benzene rings is 10. The summed E-state index contributed by atoms with van der Waals surface area (Å²) < 4.78 is 9.37. The quantitative estimate of drug-likeness (QED) is 0.174. The van der Waals surface area contributed by atoms with Crippen LogP contribution in [0.2, 0.25) is 0 Å². The minimum absolute atomic E-state index is 0.535. The summed E-state index contributed by atoms with van der Waals surface area (Å²) >= 11 is 0. The van der Waals surface area contributed by atoms with E-state index in [0.29, 0.717) is 17.5 Å². The van der Waals surface area contributed by atoms with Crippen LogP contribution in [-0.4, -0.2) is 19.5 Å². The highest BCUT2D eigenvalue weighted by molar-refractivity contribution is 6.28. The van der Waals surface area contributed by atoms with E-state index in [0.717, 1.165) is 77.2 Å². The third-order valence-electron chi connectivity index (χ3n) is 12.4. The van der Waals surface area contributed by atoms with E-state index < -0.39 is 0 Å².